The molecule has 1 saturated heterocycles. The van der Waals surface area contributed by atoms with Crippen LogP contribution in [-0.2, 0) is 17.6 Å². The molecule has 0 spiro atoms. The van der Waals surface area contributed by atoms with Crippen molar-refractivity contribution in [1.82, 2.24) is 14.5 Å². The van der Waals surface area contributed by atoms with E-state index >= 15 is 0 Å². The van der Waals surface area contributed by atoms with Crippen molar-refractivity contribution in [1.29, 1.82) is 0 Å². The van der Waals surface area contributed by atoms with Crippen LogP contribution in [0.1, 0.15) is 49.4 Å². The smallest absolute Gasteiger partial charge is 0.274 e. The lowest BCUT2D eigenvalue weighted by molar-refractivity contribution is -0.0373. The minimum Gasteiger partial charge on any atom is -0.493 e. The Morgan fingerprint density at radius 1 is 1.19 bits per heavy atom. The zero-order valence-corrected chi connectivity index (χ0v) is 22.5. The zero-order valence-electron chi connectivity index (χ0n) is 21.7. The highest BCUT2D eigenvalue weighted by Gasteiger charge is 2.38. The molecule has 37 heavy (non-hydrogen) atoms. The topological polar surface area (TPSA) is 65.8 Å². The number of aromatic nitrogens is 2. The minimum atomic E-state index is -0.548. The lowest BCUT2D eigenvalue weighted by Gasteiger charge is -2.41. The molecule has 3 aromatic rings. The van der Waals surface area contributed by atoms with E-state index in [1.165, 1.54) is 12.1 Å². The molecule has 0 unspecified atom stereocenters. The number of hydrogen-bond acceptors (Lipinski definition) is 5. The second-order valence-electron chi connectivity index (χ2n) is 10.3. The molecule has 0 atom stereocenters. The van der Waals surface area contributed by atoms with E-state index in [0.717, 1.165) is 16.9 Å². The maximum atomic E-state index is 14.6. The number of benzene rings is 2. The number of fused-ring (bicyclic) bond motifs is 3. The molecule has 0 saturated carbocycles. The van der Waals surface area contributed by atoms with Crippen LogP contribution in [0.3, 0.4) is 0 Å². The molecule has 0 bridgehead atoms. The fourth-order valence-electron chi connectivity index (χ4n) is 5.06. The summed E-state index contributed by atoms with van der Waals surface area (Å²) in [5.41, 5.74) is 3.06. The SMILES string of the molecule is COc1cc2c(cc1OC(C)C)-n1c(-c3ccc(Cl)c(F)c3)nc(C(=O)N3CCOCC3(C)C)c1CC2. The average Bonchev–Trinajstić information content (AvgIpc) is 3.24. The number of aryl methyl sites for hydroxylation is 1. The maximum absolute atomic E-state index is 14.6. The van der Waals surface area contributed by atoms with E-state index in [-0.39, 0.29) is 17.0 Å². The predicted molar refractivity (Wildman–Crippen MR) is 140 cm³/mol. The Labute approximate surface area is 221 Å². The van der Waals surface area contributed by atoms with Crippen LogP contribution >= 0.6 is 11.6 Å². The molecule has 2 aliphatic heterocycles. The highest BCUT2D eigenvalue weighted by atomic mass is 35.5. The monoisotopic (exact) mass is 527 g/mol. The highest BCUT2D eigenvalue weighted by Crippen LogP contribution is 2.40. The van der Waals surface area contributed by atoms with Crippen molar-refractivity contribution in [3.05, 3.63) is 58.1 Å². The molecule has 9 heteroatoms. The number of carbonyl (C=O) groups excluding carboxylic acids is 1. The fraction of sp³-hybridized carbons (Fsp3) is 0.429. The van der Waals surface area contributed by atoms with E-state index in [9.17, 15) is 9.18 Å². The van der Waals surface area contributed by atoms with Gasteiger partial charge in [0.05, 0.1) is 48.4 Å². The molecule has 7 nitrogen and oxygen atoms in total. The van der Waals surface area contributed by atoms with E-state index in [0.29, 0.717) is 61.2 Å². The molecule has 0 aliphatic carbocycles. The van der Waals surface area contributed by atoms with E-state index < -0.39 is 11.4 Å². The van der Waals surface area contributed by atoms with Gasteiger partial charge in [-0.05, 0) is 70.4 Å². The van der Waals surface area contributed by atoms with Gasteiger partial charge in [-0.2, -0.15) is 0 Å². The van der Waals surface area contributed by atoms with Crippen LogP contribution in [0.2, 0.25) is 5.02 Å². The summed E-state index contributed by atoms with van der Waals surface area (Å²) in [6.45, 7) is 9.26. The summed E-state index contributed by atoms with van der Waals surface area (Å²) in [5, 5.41) is 0.0262. The van der Waals surface area contributed by atoms with Crippen LogP contribution in [0.15, 0.2) is 30.3 Å². The average molecular weight is 528 g/mol. The highest BCUT2D eigenvalue weighted by molar-refractivity contribution is 6.30. The summed E-state index contributed by atoms with van der Waals surface area (Å²) in [4.78, 5) is 20.6. The predicted octanol–water partition coefficient (Wildman–Crippen LogP) is 5.48. The first-order valence-corrected chi connectivity index (χ1v) is 12.8. The number of nitrogens with zero attached hydrogens (tertiary/aromatic N) is 3. The van der Waals surface area contributed by atoms with Crippen molar-refractivity contribution >= 4 is 17.5 Å². The van der Waals surface area contributed by atoms with E-state index in [4.69, 9.17) is 30.8 Å². The van der Waals surface area contributed by atoms with Crippen molar-refractivity contribution in [2.24, 2.45) is 0 Å². The molecule has 196 valence electrons. The van der Waals surface area contributed by atoms with Crippen molar-refractivity contribution < 1.29 is 23.4 Å². The van der Waals surface area contributed by atoms with Gasteiger partial charge in [0.25, 0.3) is 5.91 Å². The maximum Gasteiger partial charge on any atom is 0.274 e. The van der Waals surface area contributed by atoms with Crippen LogP contribution in [0.25, 0.3) is 17.1 Å². The van der Waals surface area contributed by atoms with E-state index in [2.05, 4.69) is 0 Å². The van der Waals surface area contributed by atoms with Crippen molar-refractivity contribution in [2.45, 2.75) is 52.2 Å². The quantitative estimate of drug-likeness (QED) is 0.440. The van der Waals surface area contributed by atoms with Crippen LogP contribution in [0, 0.1) is 5.82 Å². The second-order valence-corrected chi connectivity index (χ2v) is 10.7. The number of rotatable bonds is 5. The number of hydrogen-bond donors (Lipinski definition) is 0. The first kappa shape index (κ1) is 25.5. The third kappa shape index (κ3) is 4.57. The summed E-state index contributed by atoms with van der Waals surface area (Å²) in [7, 11) is 1.61. The molecule has 5 rings (SSSR count). The Hall–Kier alpha value is -3.10. The normalized spacial score (nSPS) is 16.4. The van der Waals surface area contributed by atoms with Gasteiger partial charge in [-0.25, -0.2) is 9.37 Å². The van der Waals surface area contributed by atoms with Gasteiger partial charge in [-0.1, -0.05) is 11.6 Å². The lowest BCUT2D eigenvalue weighted by atomic mass is 9.98. The van der Waals surface area contributed by atoms with Crippen molar-refractivity contribution in [3.8, 4) is 28.6 Å². The molecule has 1 amide bonds. The first-order valence-electron chi connectivity index (χ1n) is 12.5. The number of amides is 1. The molecule has 3 heterocycles. The molecule has 0 N–H and O–H groups in total. The van der Waals surface area contributed by atoms with Crippen LogP contribution in [0.5, 0.6) is 11.5 Å². The Bertz CT molecular complexity index is 1370. The largest absolute Gasteiger partial charge is 0.493 e. The van der Waals surface area contributed by atoms with Gasteiger partial charge in [0.2, 0.25) is 0 Å². The second kappa shape index (κ2) is 9.65. The van der Waals surface area contributed by atoms with Gasteiger partial charge in [0, 0.05) is 18.2 Å². The summed E-state index contributed by atoms with van der Waals surface area (Å²) in [5.74, 6) is 0.998. The van der Waals surface area contributed by atoms with Crippen molar-refractivity contribution in [3.63, 3.8) is 0 Å². The molecule has 0 radical (unpaired) electrons. The van der Waals surface area contributed by atoms with Gasteiger partial charge in [-0.15, -0.1) is 0 Å². The number of imidazole rings is 1. The number of halogens is 2. The van der Waals surface area contributed by atoms with Gasteiger partial charge in [0.15, 0.2) is 17.2 Å². The molecule has 1 aromatic heterocycles. The molecular formula is C28H31ClFN3O4. The van der Waals surface area contributed by atoms with Crippen LogP contribution in [-0.4, -0.2) is 58.9 Å². The Morgan fingerprint density at radius 3 is 2.65 bits per heavy atom. The summed E-state index contributed by atoms with van der Waals surface area (Å²) < 4.78 is 33.8. The van der Waals surface area contributed by atoms with E-state index in [1.54, 1.807) is 13.2 Å². The van der Waals surface area contributed by atoms with Crippen LogP contribution < -0.4 is 9.47 Å². The standard InChI is InChI=1S/C28H31ClFN3O4/c1-16(2)37-24-14-22-17(13-23(24)35-5)7-9-21-25(27(34)32-10-11-36-15-28(32,3)4)31-26(33(21)22)18-6-8-19(29)20(30)12-18/h6,8,12-14,16H,7,9-11,15H2,1-5H3. The lowest BCUT2D eigenvalue weighted by Crippen LogP contribution is -2.55. The molecular weight excluding hydrogens is 497 g/mol. The molecule has 1 fully saturated rings. The number of morpholine rings is 1. The Morgan fingerprint density at radius 2 is 1.97 bits per heavy atom. The third-order valence-electron chi connectivity index (χ3n) is 6.84. The van der Waals surface area contributed by atoms with Gasteiger partial charge >= 0.3 is 0 Å². The zero-order chi connectivity index (χ0) is 26.5. The summed E-state index contributed by atoms with van der Waals surface area (Å²) >= 11 is 5.98. The Kier molecular flexibility index (Phi) is 6.66. The van der Waals surface area contributed by atoms with E-state index in [1.807, 2.05) is 49.3 Å². The van der Waals surface area contributed by atoms with Gasteiger partial charge in [0.1, 0.15) is 11.6 Å². The van der Waals surface area contributed by atoms with Crippen LogP contribution in [0.4, 0.5) is 4.39 Å². The first-order chi connectivity index (χ1) is 17.6. The minimum absolute atomic E-state index is 0.0262. The number of methoxy groups -OCH3 is 1. The fourth-order valence-corrected chi connectivity index (χ4v) is 5.18. The number of carbonyl (C=O) groups is 1. The van der Waals surface area contributed by atoms with Crippen molar-refractivity contribution in [2.75, 3.05) is 26.9 Å². The summed E-state index contributed by atoms with van der Waals surface area (Å²) in [6.07, 6.45) is 1.22. The summed E-state index contributed by atoms with van der Waals surface area (Å²) in [6, 6.07) is 8.47. The van der Waals surface area contributed by atoms with Gasteiger partial charge in [-0.3, -0.25) is 9.36 Å². The molecule has 2 aromatic carbocycles. The molecule has 2 aliphatic rings. The third-order valence-corrected chi connectivity index (χ3v) is 7.15. The Balaban J connectivity index is 1.73. The van der Waals surface area contributed by atoms with Gasteiger partial charge < -0.3 is 19.1 Å². The number of ether oxygens (including phenoxy) is 3.